The molecule has 15 nitrogen and oxygen atoms in total. The minimum atomic E-state index is -0.934. The van der Waals surface area contributed by atoms with Gasteiger partial charge in [-0.25, -0.2) is 0 Å². The number of nitrogens with one attached hydrogen (secondary N) is 3. The lowest BCUT2D eigenvalue weighted by Crippen LogP contribution is -2.58. The smallest absolute Gasteiger partial charge is 0.251 e. The van der Waals surface area contributed by atoms with E-state index < -0.39 is 5.54 Å². The third-order valence-electron chi connectivity index (χ3n) is 7.20. The number of rotatable bonds is 36. The van der Waals surface area contributed by atoms with Crippen LogP contribution in [0.3, 0.4) is 0 Å². The fraction of sp³-hybridized carbons (Fsp3) is 0.667. The van der Waals surface area contributed by atoms with Gasteiger partial charge in [0.25, 0.3) is 5.91 Å². The minimum absolute atomic E-state index is 0.0832. The third kappa shape index (κ3) is 27.0. The van der Waals surface area contributed by atoms with E-state index in [1.165, 1.54) is 0 Å². The normalized spacial score (nSPS) is 11.1. The van der Waals surface area contributed by atoms with Crippen LogP contribution in [0.5, 0.6) is 0 Å². The Kier molecular flexibility index (Phi) is 30.4. The molecule has 1 rings (SSSR count). The zero-order chi connectivity index (χ0) is 39.4. The van der Waals surface area contributed by atoms with Gasteiger partial charge in [0.15, 0.2) is 0 Å². The number of ether oxygens (including phenoxy) is 9. The van der Waals surface area contributed by atoms with Crippen molar-refractivity contribution in [2.24, 2.45) is 0 Å². The second-order valence-electron chi connectivity index (χ2n) is 11.9. The van der Waals surface area contributed by atoms with Crippen LogP contribution in [0.1, 0.15) is 42.1 Å². The lowest BCUT2D eigenvalue weighted by Gasteiger charge is -2.33. The van der Waals surface area contributed by atoms with Crippen molar-refractivity contribution in [2.75, 3.05) is 132 Å². The lowest BCUT2D eigenvalue weighted by atomic mass is 10.0. The van der Waals surface area contributed by atoms with Gasteiger partial charge >= 0.3 is 0 Å². The molecule has 3 N–H and O–H groups in total. The molecule has 0 heterocycles. The van der Waals surface area contributed by atoms with Crippen molar-refractivity contribution in [2.45, 2.75) is 38.6 Å². The van der Waals surface area contributed by atoms with Gasteiger partial charge in [0, 0.05) is 38.1 Å². The molecule has 54 heavy (non-hydrogen) atoms. The van der Waals surface area contributed by atoms with E-state index in [2.05, 4.69) is 27.8 Å². The molecule has 1 aromatic carbocycles. The van der Waals surface area contributed by atoms with E-state index in [0.29, 0.717) is 111 Å². The fourth-order valence-electron chi connectivity index (χ4n) is 4.47. The molecule has 0 spiro atoms. The van der Waals surface area contributed by atoms with Crippen molar-refractivity contribution in [3.8, 4) is 24.7 Å². The van der Waals surface area contributed by atoms with E-state index in [-0.39, 0.29) is 63.8 Å². The van der Waals surface area contributed by atoms with Crippen LogP contribution in [0.2, 0.25) is 0 Å². The number of hydrogen-bond donors (Lipinski definition) is 3. The summed E-state index contributed by atoms with van der Waals surface area (Å²) >= 11 is 0. The van der Waals surface area contributed by atoms with Crippen LogP contribution in [0.15, 0.2) is 24.3 Å². The van der Waals surface area contributed by atoms with Gasteiger partial charge in [-0.2, -0.15) is 0 Å². The van der Waals surface area contributed by atoms with Gasteiger partial charge in [-0.05, 0) is 32.4 Å². The van der Waals surface area contributed by atoms with Crippen molar-refractivity contribution in [3.63, 3.8) is 0 Å². The highest BCUT2D eigenvalue weighted by Gasteiger charge is 2.33. The summed E-state index contributed by atoms with van der Waals surface area (Å²) in [5.41, 5.74) is 0.765. The predicted molar refractivity (Wildman–Crippen MR) is 202 cm³/mol. The molecule has 0 atom stereocenters. The van der Waals surface area contributed by atoms with Gasteiger partial charge in [0.2, 0.25) is 11.8 Å². The molecular formula is C39H61N3O12. The number of carbonyl (C=O) groups is 3. The molecule has 0 aliphatic carbocycles. The monoisotopic (exact) mass is 763 g/mol. The molecule has 0 aliphatic rings. The first-order valence-corrected chi connectivity index (χ1v) is 18.3. The van der Waals surface area contributed by atoms with Crippen molar-refractivity contribution < 1.29 is 57.0 Å². The predicted octanol–water partition coefficient (Wildman–Crippen LogP) is 1.30. The molecule has 304 valence electrons. The van der Waals surface area contributed by atoms with Gasteiger partial charge in [0.05, 0.1) is 99.1 Å². The molecule has 0 radical (unpaired) electrons. The summed E-state index contributed by atoms with van der Waals surface area (Å²) < 4.78 is 49.5. The Balaban J connectivity index is 1.90. The van der Waals surface area contributed by atoms with Crippen molar-refractivity contribution in [3.05, 3.63) is 35.4 Å². The molecule has 0 saturated heterocycles. The highest BCUT2D eigenvalue weighted by atomic mass is 16.6. The summed E-state index contributed by atoms with van der Waals surface area (Å²) in [6, 6.07) is 7.34. The summed E-state index contributed by atoms with van der Waals surface area (Å²) in [6.45, 7) is 10.3. The number of carbonyl (C=O) groups excluding carboxylic acids is 3. The van der Waals surface area contributed by atoms with Gasteiger partial charge in [-0.3, -0.25) is 14.4 Å². The van der Waals surface area contributed by atoms with Crippen LogP contribution in [0.4, 0.5) is 0 Å². The van der Waals surface area contributed by atoms with Crippen molar-refractivity contribution in [1.82, 2.24) is 16.0 Å². The number of terminal acetylenes is 2. The molecule has 0 aliphatic heterocycles. The first-order valence-electron chi connectivity index (χ1n) is 18.3. The van der Waals surface area contributed by atoms with Gasteiger partial charge in [-0.15, -0.1) is 12.8 Å². The molecule has 15 heteroatoms. The Labute approximate surface area is 321 Å². The maximum Gasteiger partial charge on any atom is 0.251 e. The van der Waals surface area contributed by atoms with E-state index in [9.17, 15) is 14.4 Å². The summed E-state index contributed by atoms with van der Waals surface area (Å²) in [4.78, 5) is 36.7. The summed E-state index contributed by atoms with van der Waals surface area (Å²) in [5, 5.41) is 8.56. The Morgan fingerprint density at radius 2 is 1.07 bits per heavy atom. The topological polar surface area (TPSA) is 170 Å². The maximum absolute atomic E-state index is 12.6. The van der Waals surface area contributed by atoms with Crippen molar-refractivity contribution in [1.29, 1.82) is 0 Å². The zero-order valence-corrected chi connectivity index (χ0v) is 32.1. The van der Waals surface area contributed by atoms with Gasteiger partial charge < -0.3 is 58.6 Å². The number of aryl methyl sites for hydroxylation is 1. The highest BCUT2D eigenvalue weighted by Crippen LogP contribution is 2.10. The zero-order valence-electron chi connectivity index (χ0n) is 32.1. The molecular weight excluding hydrogens is 702 g/mol. The Bertz CT molecular complexity index is 1180. The second-order valence-corrected chi connectivity index (χ2v) is 11.9. The summed E-state index contributed by atoms with van der Waals surface area (Å²) in [7, 11) is 0. The maximum atomic E-state index is 12.6. The summed E-state index contributed by atoms with van der Waals surface area (Å²) in [5.74, 6) is 4.33. The van der Waals surface area contributed by atoms with E-state index in [0.717, 1.165) is 5.56 Å². The summed E-state index contributed by atoms with van der Waals surface area (Å²) in [6.07, 6.45) is 11.6. The first-order chi connectivity index (χ1) is 26.4. The Morgan fingerprint density at radius 3 is 1.57 bits per heavy atom. The molecule has 0 unspecified atom stereocenters. The van der Waals surface area contributed by atoms with Crippen LogP contribution in [0.25, 0.3) is 0 Å². The Hall–Kier alpha value is -3.61. The number of amides is 3. The van der Waals surface area contributed by atoms with Crippen LogP contribution in [-0.2, 0) is 52.2 Å². The lowest BCUT2D eigenvalue weighted by molar-refractivity contribution is -0.128. The van der Waals surface area contributed by atoms with Gasteiger partial charge in [-0.1, -0.05) is 29.5 Å². The minimum Gasteiger partial charge on any atom is -0.379 e. The molecule has 0 fully saturated rings. The first kappa shape index (κ1) is 48.4. The molecule has 0 bridgehead atoms. The van der Waals surface area contributed by atoms with Gasteiger partial charge in [0.1, 0.15) is 18.8 Å². The van der Waals surface area contributed by atoms with Crippen molar-refractivity contribution >= 4 is 17.7 Å². The van der Waals surface area contributed by atoms with Crippen LogP contribution < -0.4 is 16.0 Å². The number of benzene rings is 1. The van der Waals surface area contributed by atoms with E-state index >= 15 is 0 Å². The highest BCUT2D eigenvalue weighted by molar-refractivity contribution is 5.94. The van der Waals surface area contributed by atoms with Crippen LogP contribution in [0, 0.1) is 31.6 Å². The third-order valence-corrected chi connectivity index (χ3v) is 7.20. The largest absolute Gasteiger partial charge is 0.379 e. The quantitative estimate of drug-likeness (QED) is 0.0663. The SMILES string of the molecule is C#CCOCC(COCC)(COCC#C)NC(=O)CCOCCOCCOCCOCCOCCOCCNC(=O)CCCNC(=O)c1ccc(C)cc1. The van der Waals surface area contributed by atoms with E-state index in [4.69, 9.17) is 55.5 Å². The molecule has 1 aromatic rings. The molecule has 0 saturated carbocycles. The molecule has 3 amide bonds. The van der Waals surface area contributed by atoms with Crippen LogP contribution in [-0.4, -0.2) is 155 Å². The van der Waals surface area contributed by atoms with E-state index in [1.807, 2.05) is 26.0 Å². The number of hydrogen-bond acceptors (Lipinski definition) is 12. The average Bonchev–Trinajstić information content (AvgIpc) is 3.16. The fourth-order valence-corrected chi connectivity index (χ4v) is 4.47. The average molecular weight is 764 g/mol. The standard InChI is InChI=1S/C39H61N3O12/c1-5-17-53-32-39(31-46-7-3,33-54-18-6-2)42-37(44)14-19-47-21-23-49-25-27-51-29-30-52-28-26-50-24-22-48-20-16-40-36(43)9-8-15-41-38(45)35-12-10-34(4)11-13-35/h1-2,10-13H,7-9,14-33H2,3-4H3,(H,40,43)(H,41,45)(H,42,44). The van der Waals surface area contributed by atoms with E-state index in [1.54, 1.807) is 12.1 Å². The van der Waals surface area contributed by atoms with Crippen LogP contribution >= 0.6 is 0 Å². The molecule has 0 aromatic heterocycles. The second kappa shape index (κ2) is 33.9. The Morgan fingerprint density at radius 1 is 0.593 bits per heavy atom.